The lowest BCUT2D eigenvalue weighted by Crippen LogP contribution is -1.93. The van der Waals surface area contributed by atoms with Gasteiger partial charge in [-0.2, -0.15) is 10.5 Å². The molecule has 2 nitrogen and oxygen atoms in total. The molecular weight excluding hydrogens is 314 g/mol. The molecule has 0 fully saturated rings. The Hall–Kier alpha value is -2.24. The Bertz CT molecular complexity index is 742. The molecule has 0 radical (unpaired) electrons. The first kappa shape index (κ1) is 13.2. The lowest BCUT2D eigenvalue weighted by Gasteiger charge is -2.09. The van der Waals surface area contributed by atoms with Gasteiger partial charge in [-0.25, -0.2) is 8.78 Å². The molecule has 0 atom stereocenters. The van der Waals surface area contributed by atoms with E-state index < -0.39 is 11.6 Å². The molecule has 2 aromatic rings. The first-order valence-electron chi connectivity index (χ1n) is 5.16. The van der Waals surface area contributed by atoms with E-state index in [4.69, 9.17) is 10.5 Å². The van der Waals surface area contributed by atoms with Crippen LogP contribution in [0.5, 0.6) is 0 Å². The van der Waals surface area contributed by atoms with E-state index >= 15 is 0 Å². The molecule has 2 aromatic carbocycles. The predicted molar refractivity (Wildman–Crippen MR) is 68.9 cm³/mol. The molecule has 5 heteroatoms. The molecule has 0 saturated carbocycles. The summed E-state index contributed by atoms with van der Waals surface area (Å²) in [4.78, 5) is 0. The van der Waals surface area contributed by atoms with Crippen molar-refractivity contribution < 1.29 is 8.78 Å². The molecule has 0 amide bonds. The second-order valence-corrected chi connectivity index (χ2v) is 4.58. The summed E-state index contributed by atoms with van der Waals surface area (Å²) in [5.74, 6) is -1.11. The third kappa shape index (κ3) is 2.47. The van der Waals surface area contributed by atoms with E-state index in [-0.39, 0.29) is 16.7 Å². The van der Waals surface area contributed by atoms with Gasteiger partial charge in [0, 0.05) is 15.6 Å². The van der Waals surface area contributed by atoms with Crippen molar-refractivity contribution in [1.29, 1.82) is 10.5 Å². The Morgan fingerprint density at radius 3 is 2.21 bits per heavy atom. The second-order valence-electron chi connectivity index (χ2n) is 3.72. The molecule has 0 spiro atoms. The first-order chi connectivity index (χ1) is 9.06. The summed E-state index contributed by atoms with van der Waals surface area (Å²) in [6.45, 7) is 0. The Balaban J connectivity index is 2.84. The largest absolute Gasteiger partial charge is 0.207 e. The van der Waals surface area contributed by atoms with E-state index in [9.17, 15) is 8.78 Å². The monoisotopic (exact) mass is 318 g/mol. The van der Waals surface area contributed by atoms with Crippen LogP contribution in [0.25, 0.3) is 11.1 Å². The highest BCUT2D eigenvalue weighted by molar-refractivity contribution is 9.10. The minimum atomic E-state index is -0.581. The van der Waals surface area contributed by atoms with E-state index in [1.165, 1.54) is 12.1 Å². The molecule has 0 bridgehead atoms. The Morgan fingerprint density at radius 2 is 1.58 bits per heavy atom. The SMILES string of the molecule is N#Cc1ccc(F)cc1-c1c(Br)cc(F)cc1C#N. The highest BCUT2D eigenvalue weighted by Gasteiger charge is 2.15. The van der Waals surface area contributed by atoms with Crippen molar-refractivity contribution in [3.8, 4) is 23.3 Å². The van der Waals surface area contributed by atoms with Crippen LogP contribution in [0.2, 0.25) is 0 Å². The maximum atomic E-state index is 13.3. The van der Waals surface area contributed by atoms with Gasteiger partial charge < -0.3 is 0 Å². The summed E-state index contributed by atoms with van der Waals surface area (Å²) in [6, 6.07) is 9.61. The normalized spacial score (nSPS) is 9.74. The average Bonchev–Trinajstić information content (AvgIpc) is 2.37. The topological polar surface area (TPSA) is 47.6 Å². The van der Waals surface area contributed by atoms with Gasteiger partial charge in [0.05, 0.1) is 23.3 Å². The number of benzene rings is 2. The van der Waals surface area contributed by atoms with Crippen LogP contribution in [0.15, 0.2) is 34.8 Å². The first-order valence-corrected chi connectivity index (χ1v) is 5.95. The van der Waals surface area contributed by atoms with Gasteiger partial charge in [-0.05, 0) is 30.3 Å². The third-order valence-corrected chi connectivity index (χ3v) is 3.17. The fourth-order valence-electron chi connectivity index (χ4n) is 1.76. The van der Waals surface area contributed by atoms with Crippen molar-refractivity contribution in [3.05, 3.63) is 57.6 Å². The molecule has 0 aromatic heterocycles. The smallest absolute Gasteiger partial charge is 0.125 e. The van der Waals surface area contributed by atoms with E-state index in [0.29, 0.717) is 10.0 Å². The zero-order valence-corrected chi connectivity index (χ0v) is 11.0. The quantitative estimate of drug-likeness (QED) is 0.793. The van der Waals surface area contributed by atoms with Gasteiger partial charge in [0.15, 0.2) is 0 Å². The number of hydrogen-bond acceptors (Lipinski definition) is 2. The molecule has 0 N–H and O–H groups in total. The van der Waals surface area contributed by atoms with Gasteiger partial charge in [0.2, 0.25) is 0 Å². The lowest BCUT2D eigenvalue weighted by atomic mass is 9.96. The molecule has 0 unspecified atom stereocenters. The number of rotatable bonds is 1. The van der Waals surface area contributed by atoms with E-state index in [1.54, 1.807) is 0 Å². The van der Waals surface area contributed by atoms with E-state index in [1.807, 2.05) is 12.1 Å². The van der Waals surface area contributed by atoms with E-state index in [2.05, 4.69) is 15.9 Å². The summed E-state index contributed by atoms with van der Waals surface area (Å²) in [7, 11) is 0. The second kappa shape index (κ2) is 5.17. The Kier molecular flexibility index (Phi) is 3.59. The predicted octanol–water partition coefficient (Wildman–Crippen LogP) is 4.14. The molecule has 0 aliphatic heterocycles. The molecule has 19 heavy (non-hydrogen) atoms. The van der Waals surface area contributed by atoms with Gasteiger partial charge in [-0.15, -0.1) is 0 Å². The summed E-state index contributed by atoms with van der Waals surface area (Å²) in [5.41, 5.74) is 0.810. The minimum absolute atomic E-state index is 0.0361. The number of halogens is 3. The van der Waals surface area contributed by atoms with Crippen LogP contribution in [-0.2, 0) is 0 Å². The Labute approximate surface area is 116 Å². The summed E-state index contributed by atoms with van der Waals surface area (Å²) in [6.07, 6.45) is 0. The average molecular weight is 319 g/mol. The van der Waals surface area contributed by atoms with E-state index in [0.717, 1.165) is 18.2 Å². The summed E-state index contributed by atoms with van der Waals surface area (Å²) < 4.78 is 26.9. The van der Waals surface area contributed by atoms with Crippen molar-refractivity contribution in [1.82, 2.24) is 0 Å². The van der Waals surface area contributed by atoms with Crippen LogP contribution in [0.3, 0.4) is 0 Å². The van der Waals surface area contributed by atoms with Gasteiger partial charge >= 0.3 is 0 Å². The molecular formula is C14H5BrF2N2. The van der Waals surface area contributed by atoms with Crippen LogP contribution in [0.1, 0.15) is 11.1 Å². The summed E-state index contributed by atoms with van der Waals surface area (Å²) >= 11 is 3.14. The molecule has 92 valence electrons. The zero-order valence-electron chi connectivity index (χ0n) is 9.42. The number of hydrogen-bond donors (Lipinski definition) is 0. The fraction of sp³-hybridized carbons (Fsp3) is 0. The van der Waals surface area contributed by atoms with Crippen LogP contribution >= 0.6 is 15.9 Å². The van der Waals surface area contributed by atoms with Crippen molar-refractivity contribution >= 4 is 15.9 Å². The maximum absolute atomic E-state index is 13.3. The van der Waals surface area contributed by atoms with Crippen molar-refractivity contribution in [2.45, 2.75) is 0 Å². The van der Waals surface area contributed by atoms with Gasteiger partial charge in [0.1, 0.15) is 11.6 Å². The number of nitriles is 2. The molecule has 0 aliphatic carbocycles. The van der Waals surface area contributed by atoms with Crippen LogP contribution < -0.4 is 0 Å². The Morgan fingerprint density at radius 1 is 0.895 bits per heavy atom. The fourth-order valence-corrected chi connectivity index (χ4v) is 2.40. The molecule has 0 aliphatic rings. The van der Waals surface area contributed by atoms with Gasteiger partial charge in [0.25, 0.3) is 0 Å². The van der Waals surface area contributed by atoms with Crippen molar-refractivity contribution in [2.75, 3.05) is 0 Å². The van der Waals surface area contributed by atoms with Gasteiger partial charge in [-0.1, -0.05) is 15.9 Å². The lowest BCUT2D eigenvalue weighted by molar-refractivity contribution is 0.626. The highest BCUT2D eigenvalue weighted by atomic mass is 79.9. The van der Waals surface area contributed by atoms with Crippen LogP contribution in [0, 0.1) is 34.3 Å². The molecule has 0 saturated heterocycles. The van der Waals surface area contributed by atoms with Crippen molar-refractivity contribution in [3.63, 3.8) is 0 Å². The minimum Gasteiger partial charge on any atom is -0.207 e. The zero-order chi connectivity index (χ0) is 14.0. The summed E-state index contributed by atoms with van der Waals surface area (Å²) in [5, 5.41) is 18.1. The van der Waals surface area contributed by atoms with Crippen LogP contribution in [-0.4, -0.2) is 0 Å². The maximum Gasteiger partial charge on any atom is 0.125 e. The van der Waals surface area contributed by atoms with Crippen LogP contribution in [0.4, 0.5) is 8.78 Å². The number of nitrogens with zero attached hydrogens (tertiary/aromatic N) is 2. The van der Waals surface area contributed by atoms with Crippen molar-refractivity contribution in [2.24, 2.45) is 0 Å². The third-order valence-electron chi connectivity index (χ3n) is 2.55. The molecule has 0 heterocycles. The molecule has 2 rings (SSSR count). The van der Waals surface area contributed by atoms with Gasteiger partial charge in [-0.3, -0.25) is 0 Å². The highest BCUT2D eigenvalue weighted by Crippen LogP contribution is 2.34. The standard InChI is InChI=1S/C14H5BrF2N2/c15-13-5-11(17)3-9(7-19)14(13)12-4-10(16)2-1-8(12)6-18/h1-5H.